The number of nitriles is 1. The van der Waals surface area contributed by atoms with E-state index in [0.717, 1.165) is 44.0 Å². The molecule has 10 heteroatoms. The summed E-state index contributed by atoms with van der Waals surface area (Å²) >= 11 is 0. The number of hydrogen-bond acceptors (Lipinski definition) is 9. The molecule has 1 unspecified atom stereocenters. The minimum Gasteiger partial charge on any atom is -0.491 e. The lowest BCUT2D eigenvalue weighted by molar-refractivity contribution is -0.139. The number of hydrogen-bond donors (Lipinski definition) is 1. The van der Waals surface area contributed by atoms with Crippen molar-refractivity contribution >= 4 is 17.6 Å². The summed E-state index contributed by atoms with van der Waals surface area (Å²) in [5.41, 5.74) is 6.69. The molecule has 0 bridgehead atoms. The summed E-state index contributed by atoms with van der Waals surface area (Å²) in [6, 6.07) is 14.6. The second kappa shape index (κ2) is 12.0. The van der Waals surface area contributed by atoms with Crippen molar-refractivity contribution in [1.82, 2.24) is 4.90 Å². The molecule has 0 radical (unpaired) electrons. The molecule has 1 fully saturated rings. The van der Waals surface area contributed by atoms with Gasteiger partial charge in [-0.25, -0.2) is 14.0 Å². The second-order valence-corrected chi connectivity index (χ2v) is 9.50. The predicted molar refractivity (Wildman–Crippen MR) is 142 cm³/mol. The van der Waals surface area contributed by atoms with Crippen LogP contribution < -0.4 is 15.4 Å². The van der Waals surface area contributed by atoms with Crippen molar-refractivity contribution < 1.29 is 28.2 Å². The summed E-state index contributed by atoms with van der Waals surface area (Å²) in [5, 5.41) is 10.2. The minimum atomic E-state index is -1.02. The van der Waals surface area contributed by atoms with Crippen molar-refractivity contribution in [2.75, 3.05) is 45.9 Å². The Morgan fingerprint density at radius 3 is 2.36 bits per heavy atom. The maximum absolute atomic E-state index is 14.7. The molecular formula is C29H31FN4O5. The van der Waals surface area contributed by atoms with Crippen molar-refractivity contribution in [2.24, 2.45) is 11.7 Å². The van der Waals surface area contributed by atoms with Crippen LogP contribution in [0.1, 0.15) is 24.3 Å². The molecule has 2 aromatic rings. The molecule has 2 N–H and O–H groups in total. The van der Waals surface area contributed by atoms with Gasteiger partial charge in [0.05, 0.1) is 49.6 Å². The van der Waals surface area contributed by atoms with Gasteiger partial charge in [0.1, 0.15) is 23.1 Å². The standard InChI is InChI=1S/C29H31FN4O5/c1-33-13-11-18(12-14-33)17-39-23-10-9-20(30)15-22(23)34-26(29(36)38-3)25(28(35)37-2)24(21(16-31)27(34)32)19-7-5-4-6-8-19/h4-10,15,18,24H,11-14,17,32H2,1-3H3. The molecular weight excluding hydrogens is 503 g/mol. The number of anilines is 1. The molecule has 0 aromatic heterocycles. The van der Waals surface area contributed by atoms with E-state index in [1.165, 1.54) is 19.2 Å². The summed E-state index contributed by atoms with van der Waals surface area (Å²) in [4.78, 5) is 29.9. The average Bonchev–Trinajstić information content (AvgIpc) is 2.96. The first-order valence-electron chi connectivity index (χ1n) is 12.6. The first-order valence-corrected chi connectivity index (χ1v) is 12.6. The van der Waals surface area contributed by atoms with Gasteiger partial charge in [-0.05, 0) is 56.6 Å². The number of nitrogens with zero attached hydrogens (tertiary/aromatic N) is 3. The van der Waals surface area contributed by atoms with Crippen LogP contribution in [0.5, 0.6) is 5.75 Å². The number of nitrogens with two attached hydrogens (primary N) is 1. The Balaban J connectivity index is 1.90. The second-order valence-electron chi connectivity index (χ2n) is 9.50. The number of benzene rings is 2. The van der Waals surface area contributed by atoms with Crippen LogP contribution in [0.3, 0.4) is 0 Å². The van der Waals surface area contributed by atoms with Crippen LogP contribution in [0.4, 0.5) is 10.1 Å². The third-order valence-corrected chi connectivity index (χ3v) is 7.08. The number of carbonyl (C=O) groups is 2. The Labute approximate surface area is 226 Å². The topological polar surface area (TPSA) is 118 Å². The Bertz CT molecular complexity index is 1340. The van der Waals surface area contributed by atoms with Gasteiger partial charge in [-0.15, -0.1) is 0 Å². The third-order valence-electron chi connectivity index (χ3n) is 7.08. The number of esters is 2. The highest BCUT2D eigenvalue weighted by Gasteiger charge is 2.43. The van der Waals surface area contributed by atoms with Gasteiger partial charge in [-0.1, -0.05) is 30.3 Å². The first kappa shape index (κ1) is 27.7. The normalized spacial score (nSPS) is 18.5. The number of carbonyl (C=O) groups excluding carboxylic acids is 2. The lowest BCUT2D eigenvalue weighted by Crippen LogP contribution is -2.41. The van der Waals surface area contributed by atoms with E-state index < -0.39 is 23.7 Å². The largest absolute Gasteiger partial charge is 0.491 e. The van der Waals surface area contributed by atoms with Crippen LogP contribution in [-0.4, -0.2) is 57.8 Å². The Morgan fingerprint density at radius 2 is 1.74 bits per heavy atom. The Morgan fingerprint density at radius 1 is 1.08 bits per heavy atom. The maximum Gasteiger partial charge on any atom is 0.355 e. The molecule has 0 aliphatic carbocycles. The fraction of sp³-hybridized carbons (Fsp3) is 0.345. The van der Waals surface area contributed by atoms with Crippen LogP contribution in [0.2, 0.25) is 0 Å². The monoisotopic (exact) mass is 534 g/mol. The molecule has 2 aliphatic heterocycles. The van der Waals surface area contributed by atoms with Crippen LogP contribution in [0.15, 0.2) is 71.2 Å². The maximum atomic E-state index is 14.7. The van der Waals surface area contributed by atoms with E-state index in [0.29, 0.717) is 12.2 Å². The predicted octanol–water partition coefficient (Wildman–Crippen LogP) is 3.44. The smallest absolute Gasteiger partial charge is 0.355 e. The van der Waals surface area contributed by atoms with E-state index in [1.807, 2.05) is 0 Å². The van der Waals surface area contributed by atoms with Gasteiger partial charge < -0.3 is 24.8 Å². The molecule has 1 saturated heterocycles. The van der Waals surface area contributed by atoms with E-state index in [1.54, 1.807) is 30.3 Å². The van der Waals surface area contributed by atoms with Gasteiger partial charge in [-0.3, -0.25) is 4.90 Å². The van der Waals surface area contributed by atoms with Crippen molar-refractivity contribution in [3.63, 3.8) is 0 Å². The van der Waals surface area contributed by atoms with E-state index in [-0.39, 0.29) is 40.0 Å². The van der Waals surface area contributed by atoms with Gasteiger partial charge in [0, 0.05) is 6.07 Å². The molecule has 2 aliphatic rings. The number of likely N-dealkylation sites (tertiary alicyclic amines) is 1. The van der Waals surface area contributed by atoms with Crippen LogP contribution in [0, 0.1) is 23.1 Å². The molecule has 2 heterocycles. The molecule has 9 nitrogen and oxygen atoms in total. The molecule has 204 valence electrons. The van der Waals surface area contributed by atoms with E-state index in [4.69, 9.17) is 19.9 Å². The average molecular weight is 535 g/mol. The molecule has 0 spiro atoms. The summed E-state index contributed by atoms with van der Waals surface area (Å²) in [7, 11) is 4.39. The molecule has 0 saturated carbocycles. The van der Waals surface area contributed by atoms with Gasteiger partial charge in [-0.2, -0.15) is 5.26 Å². The molecule has 39 heavy (non-hydrogen) atoms. The number of rotatable bonds is 7. The number of ether oxygens (including phenoxy) is 3. The van der Waals surface area contributed by atoms with Crippen LogP contribution >= 0.6 is 0 Å². The summed E-state index contributed by atoms with van der Waals surface area (Å²) in [5.74, 6) is -3.06. The van der Waals surface area contributed by atoms with Gasteiger partial charge in [0.15, 0.2) is 0 Å². The number of halogens is 1. The van der Waals surface area contributed by atoms with Crippen molar-refractivity contribution in [2.45, 2.75) is 18.8 Å². The highest BCUT2D eigenvalue weighted by molar-refractivity contribution is 6.06. The highest BCUT2D eigenvalue weighted by Crippen LogP contribution is 2.45. The number of piperidine rings is 1. The molecule has 1 atom stereocenters. The zero-order valence-corrected chi connectivity index (χ0v) is 22.1. The summed E-state index contributed by atoms with van der Waals surface area (Å²) < 4.78 is 31.0. The van der Waals surface area contributed by atoms with Crippen molar-refractivity contribution in [1.29, 1.82) is 5.26 Å². The number of methoxy groups -OCH3 is 2. The third kappa shape index (κ3) is 5.59. The van der Waals surface area contributed by atoms with Gasteiger partial charge in [0.2, 0.25) is 0 Å². The SMILES string of the molecule is COC(=O)C1=C(C(=O)OC)N(c2cc(F)ccc2OCC2CCN(C)CC2)C(N)=C(C#N)C1c1ccccc1. The van der Waals surface area contributed by atoms with Crippen LogP contribution in [0.25, 0.3) is 0 Å². The van der Waals surface area contributed by atoms with E-state index >= 15 is 0 Å². The van der Waals surface area contributed by atoms with Crippen molar-refractivity contribution in [3.8, 4) is 11.8 Å². The zero-order chi connectivity index (χ0) is 28.1. The summed E-state index contributed by atoms with van der Waals surface area (Å²) in [6.45, 7) is 2.25. The molecule has 4 rings (SSSR count). The minimum absolute atomic E-state index is 0.0141. The Hall–Kier alpha value is -4.36. The number of allylic oxidation sites excluding steroid dienone is 1. The fourth-order valence-electron chi connectivity index (χ4n) is 4.99. The van der Waals surface area contributed by atoms with E-state index in [9.17, 15) is 19.2 Å². The first-order chi connectivity index (χ1) is 18.8. The molecule has 0 amide bonds. The fourth-order valence-corrected chi connectivity index (χ4v) is 4.99. The summed E-state index contributed by atoms with van der Waals surface area (Å²) in [6.07, 6.45) is 1.88. The lowest BCUT2D eigenvalue weighted by Gasteiger charge is -2.36. The molecule has 2 aromatic carbocycles. The zero-order valence-electron chi connectivity index (χ0n) is 22.1. The van der Waals surface area contributed by atoms with Gasteiger partial charge in [0.25, 0.3) is 0 Å². The van der Waals surface area contributed by atoms with Crippen LogP contribution in [-0.2, 0) is 19.1 Å². The quantitative estimate of drug-likeness (QED) is 0.533. The van der Waals surface area contributed by atoms with Crippen molar-refractivity contribution in [3.05, 3.63) is 82.6 Å². The van der Waals surface area contributed by atoms with Gasteiger partial charge >= 0.3 is 11.9 Å². The Kier molecular flexibility index (Phi) is 8.52. The lowest BCUT2D eigenvalue weighted by atomic mass is 9.81. The van der Waals surface area contributed by atoms with E-state index in [2.05, 4.69) is 18.0 Å². The highest BCUT2D eigenvalue weighted by atomic mass is 19.1.